The Morgan fingerprint density at radius 1 is 1.32 bits per heavy atom. The smallest absolute Gasteiger partial charge is 0.335 e. The molecule has 0 aliphatic carbocycles. The highest BCUT2D eigenvalue weighted by Crippen LogP contribution is 2.28. The number of rotatable bonds is 7. The van der Waals surface area contributed by atoms with Gasteiger partial charge in [-0.15, -0.1) is 0 Å². The highest BCUT2D eigenvalue weighted by atomic mass is 16.5. The van der Waals surface area contributed by atoms with Gasteiger partial charge in [-0.25, -0.2) is 4.79 Å². The highest BCUT2D eigenvalue weighted by Gasteiger charge is 2.11. The van der Waals surface area contributed by atoms with E-state index in [-0.39, 0.29) is 11.6 Å². The summed E-state index contributed by atoms with van der Waals surface area (Å²) in [5.41, 5.74) is 0.178. The quantitative estimate of drug-likeness (QED) is 0.792. The molecule has 0 spiro atoms. The Balaban J connectivity index is 2.70. The van der Waals surface area contributed by atoms with Crippen LogP contribution in [0.3, 0.4) is 0 Å². The minimum atomic E-state index is -0.986. The zero-order valence-electron chi connectivity index (χ0n) is 11.8. The Hall–Kier alpha value is -1.75. The summed E-state index contributed by atoms with van der Waals surface area (Å²) in [5, 5.41) is 12.2. The summed E-state index contributed by atoms with van der Waals surface area (Å²) in [7, 11) is 1.49. The van der Waals surface area contributed by atoms with Crippen LogP contribution in [0.4, 0.5) is 0 Å². The Kier molecular flexibility index (Phi) is 5.63. The van der Waals surface area contributed by atoms with Crippen LogP contribution in [0, 0.1) is 0 Å². The minimum absolute atomic E-state index is 0.178. The minimum Gasteiger partial charge on any atom is -0.493 e. The van der Waals surface area contributed by atoms with Crippen molar-refractivity contribution in [3.63, 3.8) is 0 Å². The molecule has 0 heterocycles. The zero-order valence-corrected chi connectivity index (χ0v) is 11.8. The molecule has 0 saturated heterocycles. The molecule has 1 aromatic carbocycles. The van der Waals surface area contributed by atoms with Crippen molar-refractivity contribution in [2.45, 2.75) is 32.9 Å². The van der Waals surface area contributed by atoms with E-state index in [1.807, 2.05) is 6.92 Å². The molecular formula is C14H21NO4. The third-order valence-corrected chi connectivity index (χ3v) is 2.52. The second-order valence-electron chi connectivity index (χ2n) is 4.70. The van der Waals surface area contributed by atoms with Gasteiger partial charge in [-0.3, -0.25) is 0 Å². The van der Waals surface area contributed by atoms with Crippen molar-refractivity contribution in [1.82, 2.24) is 5.32 Å². The van der Waals surface area contributed by atoms with Crippen LogP contribution in [0.5, 0.6) is 11.5 Å². The van der Waals surface area contributed by atoms with Crippen LogP contribution in [0.1, 0.15) is 31.1 Å². The number of nitrogens with one attached hydrogen (secondary N) is 1. The molecular weight excluding hydrogens is 246 g/mol. The molecule has 0 radical (unpaired) electrons. The van der Waals surface area contributed by atoms with Crippen LogP contribution in [-0.2, 0) is 0 Å². The molecule has 1 atom stereocenters. The van der Waals surface area contributed by atoms with Crippen LogP contribution in [0.25, 0.3) is 0 Å². The Morgan fingerprint density at radius 2 is 2.00 bits per heavy atom. The van der Waals surface area contributed by atoms with Crippen molar-refractivity contribution in [2.75, 3.05) is 13.7 Å². The number of carboxylic acid groups (broad SMARTS) is 1. The molecule has 0 aliphatic rings. The summed E-state index contributed by atoms with van der Waals surface area (Å²) in [6.07, 6.45) is 0. The molecule has 2 N–H and O–H groups in total. The predicted molar refractivity (Wildman–Crippen MR) is 73.2 cm³/mol. The summed E-state index contributed by atoms with van der Waals surface area (Å²) >= 11 is 0. The molecule has 0 aliphatic heterocycles. The first-order valence-corrected chi connectivity index (χ1v) is 6.24. The molecule has 1 rings (SSSR count). The molecule has 5 heteroatoms. The van der Waals surface area contributed by atoms with E-state index < -0.39 is 5.97 Å². The summed E-state index contributed by atoms with van der Waals surface area (Å²) < 4.78 is 10.8. The van der Waals surface area contributed by atoms with Gasteiger partial charge in [0.15, 0.2) is 11.5 Å². The average molecular weight is 267 g/mol. The molecule has 106 valence electrons. The van der Waals surface area contributed by atoms with Gasteiger partial charge >= 0.3 is 5.97 Å². The highest BCUT2D eigenvalue weighted by molar-refractivity contribution is 5.88. The Morgan fingerprint density at radius 3 is 2.53 bits per heavy atom. The molecule has 0 bridgehead atoms. The van der Waals surface area contributed by atoms with E-state index in [1.165, 1.54) is 19.2 Å². The first kappa shape index (κ1) is 15.3. The maximum atomic E-state index is 10.9. The number of ether oxygens (including phenoxy) is 2. The van der Waals surface area contributed by atoms with Gasteiger partial charge in [-0.1, -0.05) is 13.8 Å². The van der Waals surface area contributed by atoms with E-state index >= 15 is 0 Å². The maximum Gasteiger partial charge on any atom is 0.335 e. The second kappa shape index (κ2) is 6.99. The number of carbonyl (C=O) groups is 1. The summed E-state index contributed by atoms with van der Waals surface area (Å²) in [6.45, 7) is 6.65. The molecule has 0 amide bonds. The van der Waals surface area contributed by atoms with Crippen LogP contribution in [-0.4, -0.2) is 36.9 Å². The number of methoxy groups -OCH3 is 1. The number of hydrogen-bond donors (Lipinski definition) is 2. The average Bonchev–Trinajstić information content (AvgIpc) is 2.35. The van der Waals surface area contributed by atoms with E-state index in [2.05, 4.69) is 19.2 Å². The van der Waals surface area contributed by atoms with Crippen molar-refractivity contribution >= 4 is 5.97 Å². The zero-order chi connectivity index (χ0) is 14.4. The van der Waals surface area contributed by atoms with Crippen LogP contribution < -0.4 is 14.8 Å². The fraction of sp³-hybridized carbons (Fsp3) is 0.500. The lowest BCUT2D eigenvalue weighted by Gasteiger charge is -2.18. The third kappa shape index (κ3) is 4.79. The van der Waals surface area contributed by atoms with Gasteiger partial charge in [0.25, 0.3) is 0 Å². The Bertz CT molecular complexity index is 431. The van der Waals surface area contributed by atoms with E-state index in [9.17, 15) is 4.79 Å². The lowest BCUT2D eigenvalue weighted by atomic mass is 10.2. The van der Waals surface area contributed by atoms with Crippen molar-refractivity contribution in [2.24, 2.45) is 0 Å². The Labute approximate surface area is 113 Å². The monoisotopic (exact) mass is 267 g/mol. The normalized spacial score (nSPS) is 12.3. The SMILES string of the molecule is COc1cc(C(=O)O)ccc1OC[C@@H](C)NC(C)C. The molecule has 0 fully saturated rings. The summed E-state index contributed by atoms with van der Waals surface area (Å²) in [5.74, 6) is -0.0127. The predicted octanol–water partition coefficient (Wildman–Crippen LogP) is 2.16. The van der Waals surface area contributed by atoms with Gasteiger partial charge < -0.3 is 19.9 Å². The van der Waals surface area contributed by atoms with Gasteiger partial charge in [-0.2, -0.15) is 0 Å². The van der Waals surface area contributed by atoms with Crippen molar-refractivity contribution < 1.29 is 19.4 Å². The summed E-state index contributed by atoms with van der Waals surface area (Å²) in [4.78, 5) is 10.9. The van der Waals surface area contributed by atoms with Gasteiger partial charge in [0.05, 0.1) is 12.7 Å². The van der Waals surface area contributed by atoms with Gasteiger partial charge in [0, 0.05) is 12.1 Å². The lowest BCUT2D eigenvalue weighted by Crippen LogP contribution is -2.36. The fourth-order valence-corrected chi connectivity index (χ4v) is 1.75. The van der Waals surface area contributed by atoms with Gasteiger partial charge in [0.2, 0.25) is 0 Å². The van der Waals surface area contributed by atoms with E-state index in [4.69, 9.17) is 14.6 Å². The first-order valence-electron chi connectivity index (χ1n) is 6.24. The standard InChI is InChI=1S/C14H21NO4/c1-9(2)15-10(3)8-19-12-6-5-11(14(16)17)7-13(12)18-4/h5-7,9-10,15H,8H2,1-4H3,(H,16,17)/t10-/m1/s1. The first-order chi connectivity index (χ1) is 8.93. The fourth-order valence-electron chi connectivity index (χ4n) is 1.75. The number of benzene rings is 1. The lowest BCUT2D eigenvalue weighted by molar-refractivity contribution is 0.0696. The number of carboxylic acids is 1. The maximum absolute atomic E-state index is 10.9. The van der Waals surface area contributed by atoms with Crippen LogP contribution >= 0.6 is 0 Å². The van der Waals surface area contributed by atoms with Gasteiger partial charge in [-0.05, 0) is 25.1 Å². The van der Waals surface area contributed by atoms with E-state index in [1.54, 1.807) is 6.07 Å². The number of aromatic carboxylic acids is 1. The largest absolute Gasteiger partial charge is 0.493 e. The molecule has 0 unspecified atom stereocenters. The molecule has 0 saturated carbocycles. The van der Waals surface area contributed by atoms with Gasteiger partial charge in [0.1, 0.15) is 6.61 Å². The molecule has 1 aromatic rings. The third-order valence-electron chi connectivity index (χ3n) is 2.52. The van der Waals surface area contributed by atoms with Crippen molar-refractivity contribution in [3.05, 3.63) is 23.8 Å². The van der Waals surface area contributed by atoms with E-state index in [0.29, 0.717) is 24.1 Å². The van der Waals surface area contributed by atoms with Crippen LogP contribution in [0.15, 0.2) is 18.2 Å². The molecule has 0 aromatic heterocycles. The van der Waals surface area contributed by atoms with Crippen molar-refractivity contribution in [1.29, 1.82) is 0 Å². The number of hydrogen-bond acceptors (Lipinski definition) is 4. The van der Waals surface area contributed by atoms with Crippen molar-refractivity contribution in [3.8, 4) is 11.5 Å². The topological polar surface area (TPSA) is 67.8 Å². The molecule has 19 heavy (non-hydrogen) atoms. The van der Waals surface area contributed by atoms with E-state index in [0.717, 1.165) is 0 Å². The van der Waals surface area contributed by atoms with Crippen LogP contribution in [0.2, 0.25) is 0 Å². The second-order valence-corrected chi connectivity index (χ2v) is 4.70. The summed E-state index contributed by atoms with van der Waals surface area (Å²) in [6, 6.07) is 5.15. The molecule has 5 nitrogen and oxygen atoms in total.